The zero-order valence-electron chi connectivity index (χ0n) is 13.2. The van der Waals surface area contributed by atoms with Gasteiger partial charge < -0.3 is 4.57 Å². The van der Waals surface area contributed by atoms with Crippen molar-refractivity contribution >= 4 is 11.2 Å². The van der Waals surface area contributed by atoms with Crippen LogP contribution in [0.5, 0.6) is 0 Å². The van der Waals surface area contributed by atoms with Crippen LogP contribution in [0.25, 0.3) is 11.2 Å². The maximum absolute atomic E-state index is 12.3. The van der Waals surface area contributed by atoms with E-state index in [-0.39, 0.29) is 13.1 Å². The third-order valence-corrected chi connectivity index (χ3v) is 4.50. The van der Waals surface area contributed by atoms with Gasteiger partial charge in [0.2, 0.25) is 0 Å². The Kier molecular flexibility index (Phi) is 4.40. The first kappa shape index (κ1) is 15.6. The molecule has 8 heteroatoms. The smallest absolute Gasteiger partial charge is 0.322 e. The second-order valence-electron chi connectivity index (χ2n) is 6.04. The SMILES string of the molecule is CCCn1c(C2CCCC2)nc2c1c(=O)[nH]c(=O)n2CCN=O. The highest BCUT2D eigenvalue weighted by Crippen LogP contribution is 2.34. The Morgan fingerprint density at radius 2 is 1.96 bits per heavy atom. The van der Waals surface area contributed by atoms with Crippen LogP contribution in [0.1, 0.15) is 50.8 Å². The predicted octanol–water partition coefficient (Wildman–Crippen LogP) is 1.72. The molecule has 124 valence electrons. The number of aromatic amines is 1. The quantitative estimate of drug-likeness (QED) is 0.819. The largest absolute Gasteiger partial charge is 0.330 e. The van der Waals surface area contributed by atoms with Gasteiger partial charge in [-0.05, 0) is 19.3 Å². The molecule has 8 nitrogen and oxygen atoms in total. The molecular weight excluding hydrogens is 298 g/mol. The zero-order chi connectivity index (χ0) is 16.4. The van der Waals surface area contributed by atoms with Crippen molar-refractivity contribution in [2.24, 2.45) is 5.18 Å². The number of nitroso groups, excluding NO2 is 1. The summed E-state index contributed by atoms with van der Waals surface area (Å²) >= 11 is 0. The van der Waals surface area contributed by atoms with Crippen LogP contribution < -0.4 is 11.2 Å². The Morgan fingerprint density at radius 3 is 2.61 bits per heavy atom. The van der Waals surface area contributed by atoms with Crippen LogP contribution in [0.3, 0.4) is 0 Å². The maximum atomic E-state index is 12.3. The molecule has 23 heavy (non-hydrogen) atoms. The van der Waals surface area contributed by atoms with Crippen molar-refractivity contribution in [1.29, 1.82) is 0 Å². The van der Waals surface area contributed by atoms with E-state index >= 15 is 0 Å². The average Bonchev–Trinajstić information content (AvgIpc) is 3.15. The van der Waals surface area contributed by atoms with Crippen LogP contribution in [0.4, 0.5) is 0 Å². The van der Waals surface area contributed by atoms with E-state index in [1.165, 1.54) is 4.57 Å². The summed E-state index contributed by atoms with van der Waals surface area (Å²) in [6, 6.07) is 0. The van der Waals surface area contributed by atoms with Gasteiger partial charge in [-0.3, -0.25) is 14.3 Å². The van der Waals surface area contributed by atoms with E-state index in [0.29, 0.717) is 23.6 Å². The highest BCUT2D eigenvalue weighted by Gasteiger charge is 2.26. The summed E-state index contributed by atoms with van der Waals surface area (Å²) in [5.74, 6) is 1.23. The van der Waals surface area contributed by atoms with Gasteiger partial charge in [0.05, 0.1) is 13.1 Å². The van der Waals surface area contributed by atoms with Gasteiger partial charge in [-0.2, -0.15) is 4.91 Å². The number of imidazole rings is 1. The fourth-order valence-electron chi connectivity index (χ4n) is 3.48. The molecule has 1 aliphatic carbocycles. The Labute approximate surface area is 132 Å². The number of hydrogen-bond donors (Lipinski definition) is 1. The van der Waals surface area contributed by atoms with Gasteiger partial charge in [0, 0.05) is 12.5 Å². The Bertz CT molecular complexity index is 826. The molecule has 1 N–H and O–H groups in total. The van der Waals surface area contributed by atoms with Crippen molar-refractivity contribution < 1.29 is 0 Å². The van der Waals surface area contributed by atoms with Crippen molar-refractivity contribution in [3.05, 3.63) is 31.6 Å². The molecule has 0 radical (unpaired) electrons. The number of rotatable bonds is 6. The minimum Gasteiger partial charge on any atom is -0.322 e. The first-order chi connectivity index (χ1) is 11.2. The van der Waals surface area contributed by atoms with Gasteiger partial charge in [-0.15, -0.1) is 0 Å². The minimum absolute atomic E-state index is 0.0273. The van der Waals surface area contributed by atoms with Crippen LogP contribution >= 0.6 is 0 Å². The molecule has 1 fully saturated rings. The number of aromatic nitrogens is 4. The van der Waals surface area contributed by atoms with Gasteiger partial charge in [0.25, 0.3) is 5.56 Å². The predicted molar refractivity (Wildman–Crippen MR) is 86.8 cm³/mol. The molecule has 0 bridgehead atoms. The van der Waals surface area contributed by atoms with Gasteiger partial charge in [0.15, 0.2) is 11.2 Å². The maximum Gasteiger partial charge on any atom is 0.330 e. The lowest BCUT2D eigenvalue weighted by Gasteiger charge is -2.11. The summed E-state index contributed by atoms with van der Waals surface area (Å²) in [7, 11) is 0. The molecule has 0 aromatic carbocycles. The Morgan fingerprint density at radius 1 is 1.22 bits per heavy atom. The van der Waals surface area contributed by atoms with E-state index < -0.39 is 11.2 Å². The molecule has 0 saturated heterocycles. The molecule has 0 amide bonds. The molecule has 0 aliphatic heterocycles. The van der Waals surface area contributed by atoms with Crippen molar-refractivity contribution in [3.63, 3.8) is 0 Å². The van der Waals surface area contributed by atoms with E-state index in [9.17, 15) is 14.5 Å². The summed E-state index contributed by atoms with van der Waals surface area (Å²) < 4.78 is 3.30. The van der Waals surface area contributed by atoms with Crippen molar-refractivity contribution in [2.75, 3.05) is 6.54 Å². The fraction of sp³-hybridized carbons (Fsp3) is 0.667. The van der Waals surface area contributed by atoms with Crippen LogP contribution in [0, 0.1) is 4.91 Å². The monoisotopic (exact) mass is 319 g/mol. The lowest BCUT2D eigenvalue weighted by molar-refractivity contribution is 0.584. The summed E-state index contributed by atoms with van der Waals surface area (Å²) in [6.07, 6.45) is 5.33. The second-order valence-corrected chi connectivity index (χ2v) is 6.04. The number of nitrogens with zero attached hydrogens (tertiary/aromatic N) is 4. The first-order valence-corrected chi connectivity index (χ1v) is 8.19. The normalized spacial score (nSPS) is 15.5. The Hall–Kier alpha value is -2.25. The van der Waals surface area contributed by atoms with E-state index in [1.807, 2.05) is 11.5 Å². The molecule has 0 spiro atoms. The van der Waals surface area contributed by atoms with E-state index in [0.717, 1.165) is 37.9 Å². The van der Waals surface area contributed by atoms with Crippen LogP contribution in [0.2, 0.25) is 0 Å². The third kappa shape index (κ3) is 2.73. The summed E-state index contributed by atoms with van der Waals surface area (Å²) in [5.41, 5.74) is -0.146. The second kappa shape index (κ2) is 6.47. The summed E-state index contributed by atoms with van der Waals surface area (Å²) in [6.45, 7) is 2.84. The number of H-pyrrole nitrogens is 1. The lowest BCUT2D eigenvalue weighted by Crippen LogP contribution is -2.31. The molecule has 2 heterocycles. The Balaban J connectivity index is 2.25. The molecule has 3 rings (SSSR count). The number of nitrogens with one attached hydrogen (secondary N) is 1. The van der Waals surface area contributed by atoms with E-state index in [4.69, 9.17) is 0 Å². The minimum atomic E-state index is -0.537. The highest BCUT2D eigenvalue weighted by molar-refractivity contribution is 5.71. The van der Waals surface area contributed by atoms with Crippen LogP contribution in [-0.2, 0) is 13.1 Å². The molecule has 0 unspecified atom stereocenters. The van der Waals surface area contributed by atoms with Crippen LogP contribution in [0.15, 0.2) is 14.8 Å². The van der Waals surface area contributed by atoms with E-state index in [1.54, 1.807) is 0 Å². The number of hydrogen-bond acceptors (Lipinski definition) is 5. The van der Waals surface area contributed by atoms with Crippen molar-refractivity contribution in [2.45, 2.75) is 58.0 Å². The standard InChI is InChI=1S/C15H21N5O3/c1-2-8-19-11-13(17-12(19)10-5-3-4-6-10)20(9-7-16-23)15(22)18-14(11)21/h10H,2-9H2,1H3,(H,18,21,22). The van der Waals surface area contributed by atoms with E-state index in [2.05, 4.69) is 15.1 Å². The van der Waals surface area contributed by atoms with Crippen LogP contribution in [-0.4, -0.2) is 25.6 Å². The van der Waals surface area contributed by atoms with Gasteiger partial charge >= 0.3 is 5.69 Å². The zero-order valence-corrected chi connectivity index (χ0v) is 13.2. The molecule has 2 aromatic rings. The van der Waals surface area contributed by atoms with Gasteiger partial charge in [-0.25, -0.2) is 9.78 Å². The lowest BCUT2D eigenvalue weighted by atomic mass is 10.1. The summed E-state index contributed by atoms with van der Waals surface area (Å²) in [4.78, 5) is 41.8. The van der Waals surface area contributed by atoms with Crippen molar-refractivity contribution in [1.82, 2.24) is 19.1 Å². The molecule has 1 aliphatic rings. The third-order valence-electron chi connectivity index (χ3n) is 4.50. The molecular formula is C15H21N5O3. The van der Waals surface area contributed by atoms with Gasteiger partial charge in [0.1, 0.15) is 5.82 Å². The average molecular weight is 319 g/mol. The van der Waals surface area contributed by atoms with Crippen molar-refractivity contribution in [3.8, 4) is 0 Å². The highest BCUT2D eigenvalue weighted by atomic mass is 16.3. The first-order valence-electron chi connectivity index (χ1n) is 8.19. The van der Waals surface area contributed by atoms with Gasteiger partial charge in [-0.1, -0.05) is 24.9 Å². The topological polar surface area (TPSA) is 102 Å². The summed E-state index contributed by atoms with van der Waals surface area (Å²) in [5, 5.41) is 2.81. The fourth-order valence-corrected chi connectivity index (χ4v) is 3.48. The molecule has 0 atom stereocenters. The number of fused-ring (bicyclic) bond motifs is 1. The molecule has 2 aromatic heterocycles. The molecule has 1 saturated carbocycles. The number of aryl methyl sites for hydroxylation is 1.